The molecule has 1 N–H and O–H groups in total. The van der Waals surface area contributed by atoms with E-state index in [-0.39, 0.29) is 17.5 Å². The number of nitro groups is 1. The third-order valence-electron chi connectivity index (χ3n) is 2.76. The van der Waals surface area contributed by atoms with Crippen molar-refractivity contribution in [2.75, 3.05) is 0 Å². The lowest BCUT2D eigenvalue weighted by atomic mass is 10.3. The number of azo groups is 1. The molecule has 3 rings (SSSR count). The second-order valence-corrected chi connectivity index (χ2v) is 4.11. The lowest BCUT2D eigenvalue weighted by molar-refractivity contribution is -0.500. The van der Waals surface area contributed by atoms with E-state index in [0.29, 0.717) is 11.4 Å². The van der Waals surface area contributed by atoms with Crippen molar-refractivity contribution in [3.8, 4) is 5.95 Å². The summed E-state index contributed by atoms with van der Waals surface area (Å²) in [6, 6.07) is 10.8. The number of rotatable bonds is 3. The Balaban J connectivity index is 1.94. The molecule has 0 unspecified atom stereocenters. The summed E-state index contributed by atoms with van der Waals surface area (Å²) >= 11 is 0. The van der Waals surface area contributed by atoms with Crippen LogP contribution in [0.4, 0.5) is 17.2 Å². The number of oxazole rings is 1. The zero-order valence-electron chi connectivity index (χ0n) is 10.6. The average molecular weight is 285 g/mol. The quantitative estimate of drug-likeness (QED) is 0.345. The standard InChI is InChI=1S/C13H8N4O4/c18-13-12(16-8-2-1-3-11(16)21-13)15-14-9-4-6-10(7-5-9)17(19)20/h1-8H/p+1. The van der Waals surface area contributed by atoms with Crippen LogP contribution in [-0.2, 0) is 0 Å². The normalized spacial score (nSPS) is 11.2. The van der Waals surface area contributed by atoms with Crippen molar-refractivity contribution in [3.63, 3.8) is 0 Å². The number of nitro benzene ring substituents is 1. The first-order valence-corrected chi connectivity index (χ1v) is 5.93. The van der Waals surface area contributed by atoms with E-state index in [9.17, 15) is 15.2 Å². The Kier molecular flexibility index (Phi) is 3.03. The minimum atomic E-state index is -0.494. The number of non-ortho nitro benzene ring substituents is 1. The van der Waals surface area contributed by atoms with Gasteiger partial charge in [0, 0.05) is 18.2 Å². The maximum atomic E-state index is 10.6. The molecule has 0 aliphatic carbocycles. The fraction of sp³-hybridized carbons (Fsp3) is 0. The molecule has 0 atom stereocenters. The molecule has 0 amide bonds. The van der Waals surface area contributed by atoms with Crippen molar-refractivity contribution in [2.45, 2.75) is 0 Å². The third-order valence-corrected chi connectivity index (χ3v) is 2.76. The minimum Gasteiger partial charge on any atom is -0.474 e. The molecule has 0 spiro atoms. The molecule has 0 saturated heterocycles. The van der Waals surface area contributed by atoms with Crippen LogP contribution in [0, 0.1) is 10.1 Å². The van der Waals surface area contributed by atoms with Crippen molar-refractivity contribution in [1.29, 1.82) is 0 Å². The third kappa shape index (κ3) is 2.41. The Morgan fingerprint density at radius 2 is 1.90 bits per heavy atom. The van der Waals surface area contributed by atoms with Gasteiger partial charge in [0.1, 0.15) is 11.9 Å². The van der Waals surface area contributed by atoms with Crippen LogP contribution in [0.5, 0.6) is 5.95 Å². The molecule has 3 aromatic rings. The van der Waals surface area contributed by atoms with Gasteiger partial charge in [-0.3, -0.25) is 10.1 Å². The van der Waals surface area contributed by atoms with Crippen LogP contribution in [0.3, 0.4) is 0 Å². The molecule has 0 saturated carbocycles. The van der Waals surface area contributed by atoms with Crippen molar-refractivity contribution < 1.29 is 18.8 Å². The van der Waals surface area contributed by atoms with Crippen LogP contribution in [0.2, 0.25) is 0 Å². The summed E-state index contributed by atoms with van der Waals surface area (Å²) < 4.78 is 6.65. The van der Waals surface area contributed by atoms with Gasteiger partial charge < -0.3 is 9.52 Å². The number of aromatic hydroxyl groups is 1. The number of hydrogen-bond donors (Lipinski definition) is 1. The largest absolute Gasteiger partial charge is 0.474 e. The first kappa shape index (κ1) is 12.7. The topological polar surface area (TPSA) is 105 Å². The second-order valence-electron chi connectivity index (χ2n) is 4.11. The van der Waals surface area contributed by atoms with E-state index in [4.69, 9.17) is 4.42 Å². The van der Waals surface area contributed by atoms with Gasteiger partial charge >= 0.3 is 11.8 Å². The van der Waals surface area contributed by atoms with Gasteiger partial charge in [-0.1, -0.05) is 6.07 Å². The van der Waals surface area contributed by atoms with Crippen molar-refractivity contribution in [3.05, 3.63) is 58.8 Å². The van der Waals surface area contributed by atoms with Crippen molar-refractivity contribution in [2.24, 2.45) is 10.2 Å². The van der Waals surface area contributed by atoms with Crippen LogP contribution >= 0.6 is 0 Å². The zero-order valence-corrected chi connectivity index (χ0v) is 10.6. The van der Waals surface area contributed by atoms with Crippen LogP contribution in [0.25, 0.3) is 5.71 Å². The lowest BCUT2D eigenvalue weighted by Crippen LogP contribution is -2.16. The number of nitrogens with zero attached hydrogens (tertiary/aromatic N) is 4. The Bertz CT molecular complexity index is 839. The zero-order chi connectivity index (χ0) is 14.8. The van der Waals surface area contributed by atoms with Crippen LogP contribution in [-0.4, -0.2) is 10.0 Å². The van der Waals surface area contributed by atoms with Crippen LogP contribution in [0.1, 0.15) is 0 Å². The van der Waals surface area contributed by atoms with Gasteiger partial charge in [0.05, 0.1) is 10.0 Å². The molecule has 8 nitrogen and oxygen atoms in total. The van der Waals surface area contributed by atoms with Gasteiger partial charge in [0.25, 0.3) is 11.4 Å². The molecule has 0 bridgehead atoms. The van der Waals surface area contributed by atoms with Crippen LogP contribution < -0.4 is 4.40 Å². The van der Waals surface area contributed by atoms with E-state index in [1.807, 2.05) is 0 Å². The molecule has 104 valence electrons. The highest BCUT2D eigenvalue weighted by atomic mass is 16.6. The predicted octanol–water partition coefficient (Wildman–Crippen LogP) is 3.05. The smallest absolute Gasteiger partial charge is 0.439 e. The number of benzene rings is 1. The number of fused-ring (bicyclic) bond motifs is 1. The molecule has 21 heavy (non-hydrogen) atoms. The monoisotopic (exact) mass is 285 g/mol. The molecule has 0 radical (unpaired) electrons. The Morgan fingerprint density at radius 1 is 1.14 bits per heavy atom. The van der Waals surface area contributed by atoms with Crippen LogP contribution in [0.15, 0.2) is 63.3 Å². The maximum absolute atomic E-state index is 10.6. The summed E-state index contributed by atoms with van der Waals surface area (Å²) in [5, 5.41) is 28.1. The summed E-state index contributed by atoms with van der Waals surface area (Å²) in [6.45, 7) is 0. The number of aromatic nitrogens is 1. The molecule has 2 aromatic heterocycles. The lowest BCUT2D eigenvalue weighted by Gasteiger charge is -1.89. The first-order valence-electron chi connectivity index (χ1n) is 5.93. The minimum absolute atomic E-state index is 0.0278. The van der Waals surface area contributed by atoms with E-state index < -0.39 is 4.92 Å². The van der Waals surface area contributed by atoms with E-state index in [1.165, 1.54) is 28.7 Å². The summed E-state index contributed by atoms with van der Waals surface area (Å²) in [5.41, 5.74) is 0.818. The van der Waals surface area contributed by atoms with Crippen molar-refractivity contribution >= 4 is 22.9 Å². The number of hydrogen-bond acceptors (Lipinski definition) is 6. The van der Waals surface area contributed by atoms with Gasteiger partial charge in [-0.05, 0) is 23.3 Å². The van der Waals surface area contributed by atoms with Crippen molar-refractivity contribution in [1.82, 2.24) is 0 Å². The summed E-state index contributed by atoms with van der Waals surface area (Å²) in [5.74, 6) is -0.212. The Morgan fingerprint density at radius 3 is 2.62 bits per heavy atom. The molecular weight excluding hydrogens is 276 g/mol. The molecule has 2 heterocycles. The fourth-order valence-electron chi connectivity index (χ4n) is 1.77. The molecule has 8 heteroatoms. The fourth-order valence-corrected chi connectivity index (χ4v) is 1.77. The first-order chi connectivity index (χ1) is 10.1. The SMILES string of the molecule is O=[N+]([O-])c1ccc(N=Nc2c(O)oc3cccc[n+]23)cc1. The molecule has 1 aromatic carbocycles. The molecule has 0 aliphatic rings. The Hall–Kier alpha value is -3.29. The van der Waals surface area contributed by atoms with Gasteiger partial charge in [0.15, 0.2) is 0 Å². The molecule has 0 fully saturated rings. The summed E-state index contributed by atoms with van der Waals surface area (Å²) in [7, 11) is 0. The molecular formula is C13H9N4O4+. The van der Waals surface area contributed by atoms with E-state index in [0.717, 1.165) is 0 Å². The summed E-state index contributed by atoms with van der Waals surface area (Å²) in [6.07, 6.45) is 1.67. The highest BCUT2D eigenvalue weighted by molar-refractivity contribution is 5.45. The van der Waals surface area contributed by atoms with Gasteiger partial charge in [-0.25, -0.2) is 0 Å². The van der Waals surface area contributed by atoms with E-state index in [1.54, 1.807) is 24.4 Å². The van der Waals surface area contributed by atoms with E-state index in [2.05, 4.69) is 10.2 Å². The second kappa shape index (κ2) is 5.00. The van der Waals surface area contributed by atoms with E-state index >= 15 is 0 Å². The number of pyridine rings is 1. The predicted molar refractivity (Wildman–Crippen MR) is 70.8 cm³/mol. The summed E-state index contributed by atoms with van der Waals surface area (Å²) in [4.78, 5) is 10.1. The Labute approximate surface area is 117 Å². The van der Waals surface area contributed by atoms with Gasteiger partial charge in [-0.15, -0.1) is 0 Å². The molecule has 0 aliphatic heterocycles. The van der Waals surface area contributed by atoms with Gasteiger partial charge in [-0.2, -0.15) is 4.40 Å². The average Bonchev–Trinajstić information content (AvgIpc) is 2.81. The highest BCUT2D eigenvalue weighted by Gasteiger charge is 2.22. The highest BCUT2D eigenvalue weighted by Crippen LogP contribution is 2.27. The maximum Gasteiger partial charge on any atom is 0.439 e. The van der Waals surface area contributed by atoms with Gasteiger partial charge in [0.2, 0.25) is 0 Å².